The van der Waals surface area contributed by atoms with E-state index >= 15 is 0 Å². The molecule has 5 rings (SSSR count). The third-order valence-corrected chi connectivity index (χ3v) is 7.39. The molecule has 2 saturated heterocycles. The highest BCUT2D eigenvalue weighted by molar-refractivity contribution is 5.88. The average molecular weight is 625 g/mol. The summed E-state index contributed by atoms with van der Waals surface area (Å²) >= 11 is 0. The molecule has 8 N–H and O–H groups in total. The summed E-state index contributed by atoms with van der Waals surface area (Å²) in [6.07, 6.45) is -15.2. The third-order valence-electron chi connectivity index (χ3n) is 7.39. The van der Waals surface area contributed by atoms with Crippen molar-refractivity contribution in [3.63, 3.8) is 0 Å². The number of phenols is 2. The van der Waals surface area contributed by atoms with Crippen LogP contribution in [0.5, 0.6) is 28.7 Å². The molecular formula is C28H32O16. The van der Waals surface area contributed by atoms with Crippen LogP contribution in [0.2, 0.25) is 0 Å². The van der Waals surface area contributed by atoms with Crippen molar-refractivity contribution in [3.8, 4) is 40.1 Å². The van der Waals surface area contributed by atoms with E-state index in [-0.39, 0.29) is 39.5 Å². The first kappa shape index (κ1) is 31.7. The molecule has 0 bridgehead atoms. The Hall–Kier alpha value is -3.71. The Kier molecular flexibility index (Phi) is 9.17. The number of fused-ring (bicyclic) bond motifs is 1. The Morgan fingerprint density at radius 1 is 0.886 bits per heavy atom. The smallest absolute Gasteiger partial charge is 0.239 e. The molecule has 0 amide bonds. The molecule has 0 radical (unpaired) electrons. The molecule has 2 aromatic carbocycles. The highest BCUT2D eigenvalue weighted by Crippen LogP contribution is 2.40. The van der Waals surface area contributed by atoms with Crippen LogP contribution in [0.15, 0.2) is 39.5 Å². The molecule has 3 unspecified atom stereocenters. The monoisotopic (exact) mass is 624 g/mol. The van der Waals surface area contributed by atoms with Crippen molar-refractivity contribution in [1.29, 1.82) is 0 Å². The number of benzene rings is 2. The maximum atomic E-state index is 13.9. The molecule has 9 atom stereocenters. The Morgan fingerprint density at radius 3 is 2.32 bits per heavy atom. The molecule has 240 valence electrons. The van der Waals surface area contributed by atoms with Gasteiger partial charge in [-0.2, -0.15) is 0 Å². The molecule has 0 aliphatic carbocycles. The zero-order valence-electron chi connectivity index (χ0n) is 23.3. The average Bonchev–Trinajstić information content (AvgIpc) is 3.01. The molecule has 1 aromatic heterocycles. The Labute approximate surface area is 248 Å². The van der Waals surface area contributed by atoms with Crippen LogP contribution >= 0.6 is 0 Å². The van der Waals surface area contributed by atoms with E-state index in [1.807, 2.05) is 0 Å². The third kappa shape index (κ3) is 5.74. The number of ether oxygens (including phenoxy) is 6. The predicted octanol–water partition coefficient (Wildman–Crippen LogP) is -1.47. The molecule has 2 fully saturated rings. The summed E-state index contributed by atoms with van der Waals surface area (Å²) in [4.78, 5) is 13.9. The summed E-state index contributed by atoms with van der Waals surface area (Å²) in [7, 11) is 2.64. The van der Waals surface area contributed by atoms with Gasteiger partial charge in [0.2, 0.25) is 17.5 Å². The standard InChI is InChI=1S/C28H32O16/c1-38-11-6-13(31)18-16(7-11)41-24(10-3-4-12(30)15(5-10)39-2)25(21(18)35)43-28-26(22(36)20(34)17(8-29)42-28)44-27-23(37)19(33)14(32)9-40-27/h3-7,14,17,19-20,22-23,26-34,36-37H,8-9H2,1-2H3/t14-,17?,19+,20-,22+,23?,26?,27+,28+/m1/s1. The summed E-state index contributed by atoms with van der Waals surface area (Å²) in [6, 6.07) is 6.47. The molecule has 0 saturated carbocycles. The fourth-order valence-corrected chi connectivity index (χ4v) is 4.96. The molecule has 16 nitrogen and oxygen atoms in total. The van der Waals surface area contributed by atoms with Crippen molar-refractivity contribution >= 4 is 11.0 Å². The van der Waals surface area contributed by atoms with Crippen LogP contribution in [-0.2, 0) is 14.2 Å². The number of phenolic OH excluding ortho intramolecular Hbond substituents is 2. The Bertz CT molecular complexity index is 1540. The van der Waals surface area contributed by atoms with E-state index in [0.717, 1.165) is 0 Å². The minimum absolute atomic E-state index is 0.00267. The van der Waals surface area contributed by atoms with E-state index in [2.05, 4.69) is 0 Å². The molecule has 2 aliphatic heterocycles. The zero-order chi connectivity index (χ0) is 31.9. The van der Waals surface area contributed by atoms with Gasteiger partial charge in [0, 0.05) is 17.7 Å². The van der Waals surface area contributed by atoms with Gasteiger partial charge in [-0.15, -0.1) is 0 Å². The van der Waals surface area contributed by atoms with E-state index in [9.17, 15) is 45.6 Å². The second-order valence-corrected chi connectivity index (χ2v) is 10.2. The Morgan fingerprint density at radius 2 is 1.64 bits per heavy atom. The largest absolute Gasteiger partial charge is 0.507 e. The van der Waals surface area contributed by atoms with Gasteiger partial charge in [-0.25, -0.2) is 0 Å². The SMILES string of the molecule is COc1cc(O)c2c(=O)c(O[C@@H]3OC(CO)[C@@H](O)[C@H](O)C3O[C@@H]3OC[C@@H](O)[C@H](O)C3O)c(-c3ccc(O)c(OC)c3)oc2c1. The van der Waals surface area contributed by atoms with Crippen molar-refractivity contribution in [1.82, 2.24) is 0 Å². The highest BCUT2D eigenvalue weighted by atomic mass is 16.8. The first-order valence-corrected chi connectivity index (χ1v) is 13.3. The molecular weight excluding hydrogens is 592 g/mol. The van der Waals surface area contributed by atoms with Gasteiger partial charge >= 0.3 is 0 Å². The van der Waals surface area contributed by atoms with E-state index in [0.29, 0.717) is 0 Å². The summed E-state index contributed by atoms with van der Waals surface area (Å²) in [5, 5.41) is 82.1. The maximum absolute atomic E-state index is 13.9. The highest BCUT2D eigenvalue weighted by Gasteiger charge is 2.50. The number of aromatic hydroxyl groups is 2. The second-order valence-electron chi connectivity index (χ2n) is 10.2. The van der Waals surface area contributed by atoms with Gasteiger partial charge in [0.1, 0.15) is 59.1 Å². The van der Waals surface area contributed by atoms with Crippen LogP contribution in [0.1, 0.15) is 0 Å². The van der Waals surface area contributed by atoms with E-state index in [1.165, 1.54) is 44.6 Å². The summed E-state index contributed by atoms with van der Waals surface area (Å²) in [5.41, 5.74) is -0.898. The fraction of sp³-hybridized carbons (Fsp3) is 0.464. The van der Waals surface area contributed by atoms with Crippen LogP contribution in [0.25, 0.3) is 22.3 Å². The van der Waals surface area contributed by atoms with Crippen LogP contribution in [-0.4, -0.2) is 124 Å². The van der Waals surface area contributed by atoms with Gasteiger partial charge in [0.25, 0.3) is 0 Å². The second kappa shape index (κ2) is 12.7. The number of hydrogen-bond donors (Lipinski definition) is 8. The van der Waals surface area contributed by atoms with Crippen molar-refractivity contribution in [2.24, 2.45) is 0 Å². The van der Waals surface area contributed by atoms with Crippen LogP contribution < -0.4 is 19.6 Å². The predicted molar refractivity (Wildman–Crippen MR) is 145 cm³/mol. The van der Waals surface area contributed by atoms with Crippen molar-refractivity contribution in [2.45, 2.75) is 55.3 Å². The number of hydrogen-bond acceptors (Lipinski definition) is 16. The first-order chi connectivity index (χ1) is 21.0. The minimum atomic E-state index is -1.87. The lowest BCUT2D eigenvalue weighted by Crippen LogP contribution is -2.64. The molecule has 3 heterocycles. The molecule has 0 spiro atoms. The van der Waals surface area contributed by atoms with Crippen molar-refractivity contribution in [3.05, 3.63) is 40.6 Å². The molecule has 3 aromatic rings. The van der Waals surface area contributed by atoms with Gasteiger partial charge in [0.15, 0.2) is 29.7 Å². The molecule has 16 heteroatoms. The summed E-state index contributed by atoms with van der Waals surface area (Å²) in [6.45, 7) is -1.25. The lowest BCUT2D eigenvalue weighted by Gasteiger charge is -2.44. The van der Waals surface area contributed by atoms with Crippen LogP contribution in [0.3, 0.4) is 0 Å². The first-order valence-electron chi connectivity index (χ1n) is 13.3. The number of rotatable bonds is 8. The Balaban J connectivity index is 1.63. The topological polar surface area (TPSA) is 247 Å². The van der Waals surface area contributed by atoms with Crippen LogP contribution in [0, 0.1) is 0 Å². The lowest BCUT2D eigenvalue weighted by molar-refractivity contribution is -0.345. The van der Waals surface area contributed by atoms with Gasteiger partial charge < -0.3 is 73.7 Å². The zero-order valence-corrected chi connectivity index (χ0v) is 23.3. The normalized spacial score (nSPS) is 30.7. The molecule has 2 aliphatic rings. The molecule has 44 heavy (non-hydrogen) atoms. The fourth-order valence-electron chi connectivity index (χ4n) is 4.96. The van der Waals surface area contributed by atoms with Crippen molar-refractivity contribution < 1.29 is 73.7 Å². The van der Waals surface area contributed by atoms with Crippen molar-refractivity contribution in [2.75, 3.05) is 27.4 Å². The van der Waals surface area contributed by atoms with E-state index in [1.54, 1.807) is 0 Å². The quantitative estimate of drug-likeness (QED) is 0.142. The summed E-state index contributed by atoms with van der Waals surface area (Å²) in [5.74, 6) is -1.45. The maximum Gasteiger partial charge on any atom is 0.239 e. The number of aliphatic hydroxyl groups is 6. The van der Waals surface area contributed by atoms with Gasteiger partial charge in [-0.3, -0.25) is 4.79 Å². The van der Waals surface area contributed by atoms with Gasteiger partial charge in [0.05, 0.1) is 27.4 Å². The van der Waals surface area contributed by atoms with E-state index < -0.39 is 85.4 Å². The van der Waals surface area contributed by atoms with Gasteiger partial charge in [-0.05, 0) is 18.2 Å². The number of aliphatic hydroxyl groups excluding tert-OH is 6. The lowest BCUT2D eigenvalue weighted by atomic mass is 9.98. The minimum Gasteiger partial charge on any atom is -0.507 e. The number of methoxy groups -OCH3 is 2. The van der Waals surface area contributed by atoms with Crippen LogP contribution in [0.4, 0.5) is 0 Å². The van der Waals surface area contributed by atoms with E-state index in [4.69, 9.17) is 32.8 Å². The summed E-state index contributed by atoms with van der Waals surface area (Å²) < 4.78 is 38.9. The van der Waals surface area contributed by atoms with Gasteiger partial charge in [-0.1, -0.05) is 0 Å².